The predicted molar refractivity (Wildman–Crippen MR) is 103 cm³/mol. The first kappa shape index (κ1) is 19.4. The van der Waals surface area contributed by atoms with Crippen molar-refractivity contribution < 1.29 is 18.3 Å². The number of alkyl halides is 2. The number of aryl methyl sites for hydroxylation is 1. The van der Waals surface area contributed by atoms with Gasteiger partial charge in [0.25, 0.3) is 0 Å². The molecular formula is C21H19F2N3O2. The lowest BCUT2D eigenvalue weighted by atomic mass is 10.1. The highest BCUT2D eigenvalue weighted by Crippen LogP contribution is 2.36. The van der Waals surface area contributed by atoms with Crippen molar-refractivity contribution in [2.24, 2.45) is 0 Å². The number of carbonyl (C=O) groups is 1. The van der Waals surface area contributed by atoms with Gasteiger partial charge >= 0.3 is 6.61 Å². The normalized spacial score (nSPS) is 10.9. The van der Waals surface area contributed by atoms with E-state index in [1.165, 1.54) is 12.1 Å². The van der Waals surface area contributed by atoms with Crippen LogP contribution in [0.25, 0.3) is 22.2 Å². The number of halogens is 2. The van der Waals surface area contributed by atoms with Crippen molar-refractivity contribution in [3.8, 4) is 23.1 Å². The number of hydrogen-bond acceptors (Lipinski definition) is 3. The number of nitrogens with one attached hydrogen (secondary N) is 1. The molecule has 0 aliphatic rings. The number of fused-ring (bicyclic) bond motifs is 1. The standard InChI is InChI=1S/C21H19F2N3O2/c1-3-19(27)25-14-7-5-13(6-8-14)20-17(12-24)16-10-9-15(28-21(22)23)11-18(16)26(20)4-2/h5-11,21H,3-4H2,1-2H3,(H,25,27). The molecule has 144 valence electrons. The van der Waals surface area contributed by atoms with E-state index in [4.69, 9.17) is 0 Å². The van der Waals surface area contributed by atoms with Gasteiger partial charge in [-0.25, -0.2) is 0 Å². The van der Waals surface area contributed by atoms with Gasteiger partial charge in [-0.1, -0.05) is 19.1 Å². The summed E-state index contributed by atoms with van der Waals surface area (Å²) in [5.41, 5.74) is 3.27. The van der Waals surface area contributed by atoms with Crippen molar-refractivity contribution in [3.63, 3.8) is 0 Å². The molecule has 5 nitrogen and oxygen atoms in total. The smallest absolute Gasteiger partial charge is 0.387 e. The molecule has 0 bridgehead atoms. The van der Waals surface area contributed by atoms with Gasteiger partial charge in [-0.05, 0) is 36.8 Å². The first-order valence-corrected chi connectivity index (χ1v) is 8.89. The van der Waals surface area contributed by atoms with E-state index in [1.54, 1.807) is 25.1 Å². The lowest BCUT2D eigenvalue weighted by molar-refractivity contribution is -0.115. The minimum atomic E-state index is -2.91. The summed E-state index contributed by atoms with van der Waals surface area (Å²) in [6, 6.07) is 14.0. The maximum Gasteiger partial charge on any atom is 0.387 e. The van der Waals surface area contributed by atoms with E-state index in [9.17, 15) is 18.8 Å². The van der Waals surface area contributed by atoms with Crippen LogP contribution in [-0.2, 0) is 11.3 Å². The van der Waals surface area contributed by atoms with Crippen LogP contribution in [0.1, 0.15) is 25.8 Å². The third-order valence-corrected chi connectivity index (χ3v) is 4.45. The zero-order chi connectivity index (χ0) is 20.3. The highest BCUT2D eigenvalue weighted by atomic mass is 19.3. The molecule has 1 amide bonds. The first-order valence-electron chi connectivity index (χ1n) is 8.89. The van der Waals surface area contributed by atoms with Crippen molar-refractivity contribution >= 4 is 22.5 Å². The van der Waals surface area contributed by atoms with Gasteiger partial charge in [0.15, 0.2) is 0 Å². The SMILES string of the molecule is CCC(=O)Nc1ccc(-c2c(C#N)c3ccc(OC(F)F)cc3n2CC)cc1. The third-order valence-electron chi connectivity index (χ3n) is 4.45. The summed E-state index contributed by atoms with van der Waals surface area (Å²) in [6.45, 7) is 1.32. The van der Waals surface area contributed by atoms with E-state index in [1.807, 2.05) is 23.6 Å². The van der Waals surface area contributed by atoms with E-state index in [-0.39, 0.29) is 11.7 Å². The maximum atomic E-state index is 12.6. The minimum absolute atomic E-state index is 0.0448. The number of aromatic nitrogens is 1. The summed E-state index contributed by atoms with van der Waals surface area (Å²) in [5.74, 6) is -0.0388. The molecule has 28 heavy (non-hydrogen) atoms. The molecule has 1 N–H and O–H groups in total. The average Bonchev–Trinajstić information content (AvgIpc) is 3.00. The van der Waals surface area contributed by atoms with Gasteiger partial charge in [-0.2, -0.15) is 14.0 Å². The predicted octanol–water partition coefficient (Wildman–Crippen LogP) is 5.15. The second kappa shape index (κ2) is 8.09. The Labute approximate surface area is 161 Å². The number of ether oxygens (including phenoxy) is 1. The molecule has 7 heteroatoms. The first-order chi connectivity index (χ1) is 13.5. The van der Waals surface area contributed by atoms with Crippen LogP contribution in [0.5, 0.6) is 5.75 Å². The van der Waals surface area contributed by atoms with Gasteiger partial charge < -0.3 is 14.6 Å². The number of hydrogen-bond donors (Lipinski definition) is 1. The Morgan fingerprint density at radius 3 is 2.50 bits per heavy atom. The molecule has 0 spiro atoms. The fraction of sp³-hybridized carbons (Fsp3) is 0.238. The Morgan fingerprint density at radius 2 is 1.93 bits per heavy atom. The summed E-state index contributed by atoms with van der Waals surface area (Å²) in [7, 11) is 0. The molecule has 1 heterocycles. The largest absolute Gasteiger partial charge is 0.435 e. The summed E-state index contributed by atoms with van der Waals surface area (Å²) in [4.78, 5) is 11.5. The van der Waals surface area contributed by atoms with Crippen LogP contribution in [0.4, 0.5) is 14.5 Å². The van der Waals surface area contributed by atoms with E-state index < -0.39 is 6.61 Å². The number of amides is 1. The zero-order valence-electron chi connectivity index (χ0n) is 15.5. The second-order valence-electron chi connectivity index (χ2n) is 6.12. The Hall–Kier alpha value is -3.40. The molecule has 0 saturated heterocycles. The number of nitrogens with zero attached hydrogens (tertiary/aromatic N) is 2. The Bertz CT molecular complexity index is 1050. The quantitative estimate of drug-likeness (QED) is 0.640. The van der Waals surface area contributed by atoms with Gasteiger partial charge in [0.2, 0.25) is 5.91 Å². The second-order valence-corrected chi connectivity index (χ2v) is 6.12. The van der Waals surface area contributed by atoms with Crippen molar-refractivity contribution in [2.45, 2.75) is 33.4 Å². The zero-order valence-corrected chi connectivity index (χ0v) is 15.5. The summed E-state index contributed by atoms with van der Waals surface area (Å²) < 4.78 is 31.5. The van der Waals surface area contributed by atoms with Crippen LogP contribution < -0.4 is 10.1 Å². The van der Waals surface area contributed by atoms with Crippen LogP contribution in [0, 0.1) is 11.3 Å². The van der Waals surface area contributed by atoms with Crippen LogP contribution in [0.15, 0.2) is 42.5 Å². The maximum absolute atomic E-state index is 12.6. The number of nitriles is 1. The molecule has 3 aromatic rings. The van der Waals surface area contributed by atoms with Crippen LogP contribution >= 0.6 is 0 Å². The Kier molecular flexibility index (Phi) is 5.59. The fourth-order valence-corrected chi connectivity index (χ4v) is 3.21. The van der Waals surface area contributed by atoms with Crippen LogP contribution in [0.3, 0.4) is 0 Å². The summed E-state index contributed by atoms with van der Waals surface area (Å²) in [5, 5.41) is 13.2. The molecule has 0 aliphatic carbocycles. The Morgan fingerprint density at radius 1 is 1.21 bits per heavy atom. The highest BCUT2D eigenvalue weighted by molar-refractivity contribution is 5.96. The number of benzene rings is 2. The van der Waals surface area contributed by atoms with E-state index >= 15 is 0 Å². The van der Waals surface area contributed by atoms with Gasteiger partial charge in [-0.15, -0.1) is 0 Å². The van der Waals surface area contributed by atoms with Crippen molar-refractivity contribution in [1.29, 1.82) is 5.26 Å². The van der Waals surface area contributed by atoms with Gasteiger partial charge in [0.05, 0.1) is 16.8 Å². The van der Waals surface area contributed by atoms with Gasteiger partial charge in [-0.3, -0.25) is 4.79 Å². The third kappa shape index (κ3) is 3.67. The fourth-order valence-electron chi connectivity index (χ4n) is 3.21. The van der Waals surface area contributed by atoms with E-state index in [2.05, 4.69) is 16.1 Å². The molecule has 2 aromatic carbocycles. The highest BCUT2D eigenvalue weighted by Gasteiger charge is 2.19. The molecule has 0 radical (unpaired) electrons. The van der Waals surface area contributed by atoms with Crippen LogP contribution in [-0.4, -0.2) is 17.1 Å². The number of anilines is 1. The topological polar surface area (TPSA) is 67.1 Å². The molecule has 1 aromatic heterocycles. The number of rotatable bonds is 6. The minimum Gasteiger partial charge on any atom is -0.435 e. The van der Waals surface area contributed by atoms with Crippen molar-refractivity contribution in [1.82, 2.24) is 4.57 Å². The lowest BCUT2D eigenvalue weighted by Crippen LogP contribution is -2.09. The van der Waals surface area contributed by atoms with Crippen molar-refractivity contribution in [2.75, 3.05) is 5.32 Å². The molecule has 0 saturated carbocycles. The van der Waals surface area contributed by atoms with Crippen LogP contribution in [0.2, 0.25) is 0 Å². The molecule has 0 atom stereocenters. The molecule has 0 unspecified atom stereocenters. The van der Waals surface area contributed by atoms with Crippen molar-refractivity contribution in [3.05, 3.63) is 48.0 Å². The number of carbonyl (C=O) groups excluding carboxylic acids is 1. The molecule has 0 fully saturated rings. The molecule has 3 rings (SSSR count). The Balaban J connectivity index is 2.12. The lowest BCUT2D eigenvalue weighted by Gasteiger charge is -2.10. The average molecular weight is 383 g/mol. The molecule has 0 aliphatic heterocycles. The van der Waals surface area contributed by atoms with E-state index in [0.717, 1.165) is 5.56 Å². The summed E-state index contributed by atoms with van der Waals surface area (Å²) in [6.07, 6.45) is 0.382. The van der Waals surface area contributed by atoms with Gasteiger partial charge in [0.1, 0.15) is 11.8 Å². The monoisotopic (exact) mass is 383 g/mol. The summed E-state index contributed by atoms with van der Waals surface area (Å²) >= 11 is 0. The van der Waals surface area contributed by atoms with E-state index in [0.29, 0.717) is 40.8 Å². The van der Waals surface area contributed by atoms with Gasteiger partial charge in [0, 0.05) is 30.1 Å². The molecular weight excluding hydrogens is 364 g/mol.